The molecule has 16 heteroatoms. The number of hydrogen-bond acceptors (Lipinski definition) is 12. The number of allylic oxidation sites excluding steroid dienone is 1. The van der Waals surface area contributed by atoms with Crippen molar-refractivity contribution >= 4 is 51.5 Å². The number of nitrogens with one attached hydrogen (secondary N) is 3. The van der Waals surface area contributed by atoms with Gasteiger partial charge >= 0.3 is 0 Å². The molecule has 3 fully saturated rings. The Kier molecular flexibility index (Phi) is 10.6. The largest absolute Gasteiger partial charge is 0.384 e. The molecule has 5 aromatic rings. The van der Waals surface area contributed by atoms with Crippen LogP contribution in [0.2, 0.25) is 0 Å². The van der Waals surface area contributed by atoms with Crippen LogP contribution in [0, 0.1) is 11.7 Å². The quantitative estimate of drug-likeness (QED) is 0.110. The Balaban J connectivity index is 0.781. The van der Waals surface area contributed by atoms with Gasteiger partial charge in [-0.15, -0.1) is 6.58 Å². The third-order valence-electron chi connectivity index (χ3n) is 12.4. The SMILES string of the molecule is C=CCn1c(=O)c2cnc(Nc3ccc(N4CCN(CC5CCN(c6ccc(NC7CCC(=O)NC7=O)cc6F)CC5)CC4)cc3)nc2n1-c1ccc2c(n1)[C@@](C)(O)CC2. The fourth-order valence-corrected chi connectivity index (χ4v) is 9.05. The summed E-state index contributed by atoms with van der Waals surface area (Å²) in [5.74, 6) is 0.410. The first-order valence-electron chi connectivity index (χ1n) is 20.8. The van der Waals surface area contributed by atoms with Crippen molar-refractivity contribution < 1.29 is 19.1 Å². The summed E-state index contributed by atoms with van der Waals surface area (Å²) in [5.41, 5.74) is 3.80. The van der Waals surface area contributed by atoms with E-state index in [1.807, 2.05) is 24.3 Å². The molecule has 60 heavy (non-hydrogen) atoms. The highest BCUT2D eigenvalue weighted by molar-refractivity contribution is 6.01. The van der Waals surface area contributed by atoms with Crippen LogP contribution in [0.15, 0.2) is 78.2 Å². The molecule has 0 spiro atoms. The normalized spacial score (nSPS) is 21.3. The van der Waals surface area contributed by atoms with Crippen molar-refractivity contribution in [3.63, 3.8) is 0 Å². The van der Waals surface area contributed by atoms with Crippen LogP contribution >= 0.6 is 0 Å². The molecule has 15 nitrogen and oxygen atoms in total. The molecule has 312 valence electrons. The monoisotopic (exact) mass is 815 g/mol. The Bertz CT molecular complexity index is 2500. The van der Waals surface area contributed by atoms with Gasteiger partial charge in [0, 0.05) is 75.5 Å². The number of imide groups is 1. The zero-order chi connectivity index (χ0) is 41.5. The fourth-order valence-electron chi connectivity index (χ4n) is 9.05. The van der Waals surface area contributed by atoms with Crippen LogP contribution in [0.25, 0.3) is 16.9 Å². The van der Waals surface area contributed by atoms with Gasteiger partial charge in [-0.2, -0.15) is 4.98 Å². The second-order valence-corrected chi connectivity index (χ2v) is 16.6. The number of halogens is 1. The number of benzene rings is 2. The molecule has 4 aliphatic rings. The van der Waals surface area contributed by atoms with E-state index in [1.54, 1.807) is 29.8 Å². The van der Waals surface area contributed by atoms with Crippen LogP contribution in [0.3, 0.4) is 0 Å². The van der Waals surface area contributed by atoms with Gasteiger partial charge < -0.3 is 25.5 Å². The second kappa shape index (κ2) is 16.1. The number of piperidine rings is 2. The number of amides is 2. The predicted octanol–water partition coefficient (Wildman–Crippen LogP) is 4.46. The number of nitrogens with zero attached hydrogens (tertiary/aromatic N) is 8. The van der Waals surface area contributed by atoms with Gasteiger partial charge in [-0.05, 0) is 99.0 Å². The van der Waals surface area contributed by atoms with Crippen LogP contribution < -0.4 is 31.3 Å². The van der Waals surface area contributed by atoms with E-state index in [-0.39, 0.29) is 36.2 Å². The number of hydrogen-bond donors (Lipinski definition) is 4. The number of carbonyl (C=O) groups excluding carboxylic acids is 2. The summed E-state index contributed by atoms with van der Waals surface area (Å²) in [6.45, 7) is 12.2. The first-order chi connectivity index (χ1) is 29.0. The molecule has 3 saturated heterocycles. The molecule has 4 N–H and O–H groups in total. The Morgan fingerprint density at radius 2 is 1.70 bits per heavy atom. The van der Waals surface area contributed by atoms with E-state index in [0.717, 1.165) is 82.0 Å². The minimum atomic E-state index is -1.04. The molecule has 3 aromatic heterocycles. The van der Waals surface area contributed by atoms with Crippen LogP contribution in [0.4, 0.5) is 33.1 Å². The molecule has 0 bridgehead atoms. The van der Waals surface area contributed by atoms with Gasteiger partial charge in [-0.25, -0.2) is 23.7 Å². The maximum absolute atomic E-state index is 15.2. The molecule has 2 atom stereocenters. The topological polar surface area (TPSA) is 166 Å². The van der Waals surface area contributed by atoms with Crippen molar-refractivity contribution in [3.05, 3.63) is 101 Å². The maximum atomic E-state index is 15.2. The van der Waals surface area contributed by atoms with Crippen molar-refractivity contribution in [1.29, 1.82) is 0 Å². The van der Waals surface area contributed by atoms with E-state index >= 15 is 4.39 Å². The summed E-state index contributed by atoms with van der Waals surface area (Å²) in [6.07, 6.45) is 7.17. The second-order valence-electron chi connectivity index (χ2n) is 16.6. The number of aliphatic hydroxyl groups is 1. The number of anilines is 5. The first kappa shape index (κ1) is 39.3. The van der Waals surface area contributed by atoms with Crippen molar-refractivity contribution in [2.75, 3.05) is 66.2 Å². The van der Waals surface area contributed by atoms with E-state index in [9.17, 15) is 19.5 Å². The highest BCUT2D eigenvalue weighted by Crippen LogP contribution is 2.36. The Hall–Kier alpha value is -6.13. The lowest BCUT2D eigenvalue weighted by molar-refractivity contribution is -0.133. The number of aromatic nitrogens is 5. The van der Waals surface area contributed by atoms with Crippen molar-refractivity contribution in [1.82, 2.24) is 34.5 Å². The molecular formula is C44H50FN11O4. The average Bonchev–Trinajstić information content (AvgIpc) is 3.70. The third kappa shape index (κ3) is 7.84. The van der Waals surface area contributed by atoms with E-state index in [0.29, 0.717) is 58.6 Å². The fraction of sp³-hybridized carbons (Fsp3) is 0.409. The van der Waals surface area contributed by atoms with Crippen LogP contribution in [-0.4, -0.2) is 98.0 Å². The molecule has 2 aromatic carbocycles. The van der Waals surface area contributed by atoms with E-state index < -0.39 is 11.6 Å². The van der Waals surface area contributed by atoms with E-state index in [1.165, 1.54) is 16.9 Å². The number of aryl methyl sites for hydroxylation is 1. The molecule has 6 heterocycles. The molecule has 1 aliphatic carbocycles. The Labute approximate surface area is 346 Å². The highest BCUT2D eigenvalue weighted by atomic mass is 19.1. The number of pyridine rings is 1. The number of fused-ring (bicyclic) bond motifs is 2. The van der Waals surface area contributed by atoms with Gasteiger partial charge in [0.1, 0.15) is 22.8 Å². The van der Waals surface area contributed by atoms with E-state index in [4.69, 9.17) is 9.97 Å². The molecule has 3 aliphatic heterocycles. The molecule has 9 rings (SSSR count). The smallest absolute Gasteiger partial charge is 0.278 e. The lowest BCUT2D eigenvalue weighted by atomic mass is 9.95. The molecule has 0 saturated carbocycles. The summed E-state index contributed by atoms with van der Waals surface area (Å²) in [6, 6.07) is 16.5. The van der Waals surface area contributed by atoms with Crippen molar-refractivity contribution in [2.24, 2.45) is 5.92 Å². The van der Waals surface area contributed by atoms with Gasteiger partial charge in [0.25, 0.3) is 5.56 Å². The summed E-state index contributed by atoms with van der Waals surface area (Å²) in [7, 11) is 0. The molecular weight excluding hydrogens is 766 g/mol. The Morgan fingerprint density at radius 1 is 0.933 bits per heavy atom. The van der Waals surface area contributed by atoms with Crippen molar-refractivity contribution in [3.8, 4) is 5.82 Å². The summed E-state index contributed by atoms with van der Waals surface area (Å²) in [5, 5.41) is 20.0. The Morgan fingerprint density at radius 3 is 2.43 bits per heavy atom. The number of carbonyl (C=O) groups is 2. The van der Waals surface area contributed by atoms with Gasteiger partial charge in [-0.3, -0.25) is 24.6 Å². The van der Waals surface area contributed by atoms with Gasteiger partial charge in [0.2, 0.25) is 17.8 Å². The van der Waals surface area contributed by atoms with Crippen molar-refractivity contribution in [2.45, 2.75) is 63.6 Å². The minimum Gasteiger partial charge on any atom is -0.384 e. The molecule has 0 radical (unpaired) electrons. The molecule has 1 unspecified atom stereocenters. The average molecular weight is 816 g/mol. The summed E-state index contributed by atoms with van der Waals surface area (Å²) in [4.78, 5) is 58.2. The highest BCUT2D eigenvalue weighted by Gasteiger charge is 2.34. The molecule has 2 amide bonds. The van der Waals surface area contributed by atoms with Gasteiger partial charge in [-0.1, -0.05) is 12.1 Å². The van der Waals surface area contributed by atoms with Gasteiger partial charge in [0.15, 0.2) is 11.5 Å². The minimum absolute atomic E-state index is 0.248. The zero-order valence-electron chi connectivity index (χ0n) is 33.7. The first-order valence-corrected chi connectivity index (χ1v) is 20.8. The van der Waals surface area contributed by atoms with Gasteiger partial charge in [0.05, 0.1) is 17.9 Å². The van der Waals surface area contributed by atoms with Crippen LogP contribution in [-0.2, 0) is 28.2 Å². The predicted molar refractivity (Wildman–Crippen MR) is 229 cm³/mol. The number of piperazine rings is 1. The van der Waals surface area contributed by atoms with E-state index in [2.05, 4.69) is 54.3 Å². The summed E-state index contributed by atoms with van der Waals surface area (Å²) >= 11 is 0. The summed E-state index contributed by atoms with van der Waals surface area (Å²) < 4.78 is 18.5. The zero-order valence-corrected chi connectivity index (χ0v) is 33.7. The lowest BCUT2D eigenvalue weighted by Gasteiger charge is -2.40. The number of rotatable bonds is 11. The van der Waals surface area contributed by atoms with Crippen LogP contribution in [0.1, 0.15) is 50.3 Å². The standard InChI is InChI=1S/C44H50FN11O4/c1-3-18-55-42(59)33-26-46-43(51-40(33)56(55)37-12-4-29-14-17-44(2,60)39(29)49-37)48-30-5-8-32(9-6-30)53-23-21-52(22-24-53)27-28-15-19-54(20-16-28)36-11-7-31(25-34(36)45)47-35-10-13-38(57)50-41(35)58/h3-9,11-12,25-26,28,35,47,60H,1,10,13-24,27H2,2H3,(H,46,48,51)(H,50,57,58)/t35?,44-/m0/s1. The van der Waals surface area contributed by atoms with Crippen LogP contribution in [0.5, 0.6) is 0 Å². The maximum Gasteiger partial charge on any atom is 0.278 e. The third-order valence-corrected chi connectivity index (χ3v) is 12.4. The lowest BCUT2D eigenvalue weighted by Crippen LogP contribution is -2.49.